The molecule has 0 spiro atoms. The third-order valence-corrected chi connectivity index (χ3v) is 6.10. The summed E-state index contributed by atoms with van der Waals surface area (Å²) in [5.74, 6) is 6.15. The van der Waals surface area contributed by atoms with E-state index in [0.29, 0.717) is 35.5 Å². The monoisotopic (exact) mass is 465 g/mol. The molecule has 0 saturated heterocycles. The number of carbonyl (C=O) groups excluding carboxylic acids is 2. The van der Waals surface area contributed by atoms with Crippen LogP contribution in [0.5, 0.6) is 5.75 Å². The second-order valence-corrected chi connectivity index (χ2v) is 8.57. The Morgan fingerprint density at radius 3 is 2.40 bits per heavy atom. The molecule has 1 aliphatic rings. The van der Waals surface area contributed by atoms with Crippen molar-refractivity contribution >= 4 is 17.3 Å². The van der Waals surface area contributed by atoms with Gasteiger partial charge in [0.15, 0.2) is 5.78 Å². The van der Waals surface area contributed by atoms with Crippen LogP contribution in [0.3, 0.4) is 0 Å². The molecule has 1 aromatic heterocycles. The Morgan fingerprint density at radius 1 is 1.09 bits per heavy atom. The molecular formula is C30H27NO4. The molecule has 0 fully saturated rings. The van der Waals surface area contributed by atoms with Gasteiger partial charge in [-0.3, -0.25) is 9.78 Å². The lowest BCUT2D eigenvalue weighted by Crippen LogP contribution is -2.14. The molecule has 0 amide bonds. The molecule has 5 heteroatoms. The molecular weight excluding hydrogens is 438 g/mol. The summed E-state index contributed by atoms with van der Waals surface area (Å²) in [6.45, 7) is 5.71. The summed E-state index contributed by atoms with van der Waals surface area (Å²) < 4.78 is 11.1. The summed E-state index contributed by atoms with van der Waals surface area (Å²) in [5, 5.41) is 0. The van der Waals surface area contributed by atoms with E-state index >= 15 is 0 Å². The molecule has 0 radical (unpaired) electrons. The van der Waals surface area contributed by atoms with Crippen LogP contribution in [0.15, 0.2) is 66.6 Å². The number of pyridine rings is 1. The number of aromatic nitrogens is 1. The van der Waals surface area contributed by atoms with Crippen LogP contribution in [0.1, 0.15) is 51.7 Å². The number of carbonyl (C=O) groups is 2. The number of ether oxygens (including phenoxy) is 2. The smallest absolute Gasteiger partial charge is 0.343 e. The molecule has 0 bridgehead atoms. The maximum absolute atomic E-state index is 13.7. The lowest BCUT2D eigenvalue weighted by Gasteiger charge is -2.14. The van der Waals surface area contributed by atoms with Crippen LogP contribution in [0.25, 0.3) is 5.57 Å². The molecule has 1 unspecified atom stereocenters. The Balaban J connectivity index is 1.73. The lowest BCUT2D eigenvalue weighted by molar-refractivity contribution is -0.116. The average molecular weight is 466 g/mol. The number of esters is 1. The van der Waals surface area contributed by atoms with E-state index in [1.165, 1.54) is 0 Å². The Bertz CT molecular complexity index is 1340. The SMILES string of the molecule is CC#Cc1cc(C)c(C2=C(OC(=O)c3ccc(OC)cc3)CC(Cc3ccccn3)C2=O)c(C)c1. The molecule has 5 nitrogen and oxygen atoms in total. The molecule has 35 heavy (non-hydrogen) atoms. The van der Waals surface area contributed by atoms with Crippen molar-refractivity contribution in [3.8, 4) is 17.6 Å². The summed E-state index contributed by atoms with van der Waals surface area (Å²) in [5.41, 5.74) is 5.22. The Hall–Kier alpha value is -4.17. The number of rotatable bonds is 6. The van der Waals surface area contributed by atoms with Crippen molar-refractivity contribution in [3.05, 3.63) is 100 Å². The van der Waals surface area contributed by atoms with Gasteiger partial charge in [0.1, 0.15) is 11.5 Å². The number of hydrogen-bond acceptors (Lipinski definition) is 5. The normalized spacial score (nSPS) is 15.0. The maximum atomic E-state index is 13.7. The van der Waals surface area contributed by atoms with Crippen molar-refractivity contribution in [3.63, 3.8) is 0 Å². The van der Waals surface area contributed by atoms with Crippen LogP contribution in [0, 0.1) is 31.6 Å². The number of Topliss-reactive ketones (excluding diaryl/α,β-unsaturated/α-hetero) is 1. The fourth-order valence-corrected chi connectivity index (χ4v) is 4.52. The van der Waals surface area contributed by atoms with Crippen LogP contribution in [-0.4, -0.2) is 23.8 Å². The number of allylic oxidation sites excluding steroid dienone is 2. The highest BCUT2D eigenvalue weighted by atomic mass is 16.5. The molecule has 0 saturated carbocycles. The van der Waals surface area contributed by atoms with E-state index in [4.69, 9.17) is 9.47 Å². The summed E-state index contributed by atoms with van der Waals surface area (Å²) in [7, 11) is 1.57. The molecule has 3 aromatic rings. The highest BCUT2D eigenvalue weighted by molar-refractivity contribution is 6.25. The number of nitrogens with zero attached hydrogens (tertiary/aromatic N) is 1. The van der Waals surface area contributed by atoms with Crippen molar-refractivity contribution in [2.45, 2.75) is 33.6 Å². The van der Waals surface area contributed by atoms with Gasteiger partial charge in [0.05, 0.1) is 18.2 Å². The minimum atomic E-state index is -0.504. The van der Waals surface area contributed by atoms with Gasteiger partial charge < -0.3 is 9.47 Å². The van der Waals surface area contributed by atoms with Crippen molar-refractivity contribution in [1.82, 2.24) is 4.98 Å². The van der Waals surface area contributed by atoms with Crippen molar-refractivity contribution in [1.29, 1.82) is 0 Å². The summed E-state index contributed by atoms with van der Waals surface area (Å²) in [4.78, 5) is 31.1. The van der Waals surface area contributed by atoms with E-state index in [-0.39, 0.29) is 11.7 Å². The summed E-state index contributed by atoms with van der Waals surface area (Å²) in [6.07, 6.45) is 2.53. The largest absolute Gasteiger partial charge is 0.497 e. The van der Waals surface area contributed by atoms with Crippen LogP contribution in [-0.2, 0) is 16.0 Å². The van der Waals surface area contributed by atoms with Gasteiger partial charge in [-0.1, -0.05) is 12.0 Å². The molecule has 0 aliphatic heterocycles. The summed E-state index contributed by atoms with van der Waals surface area (Å²) in [6, 6.07) is 16.3. The first kappa shape index (κ1) is 24.0. The molecule has 4 rings (SSSR count). The summed E-state index contributed by atoms with van der Waals surface area (Å²) >= 11 is 0. The zero-order chi connectivity index (χ0) is 24.9. The zero-order valence-corrected chi connectivity index (χ0v) is 20.3. The molecule has 1 atom stereocenters. The van der Waals surface area contributed by atoms with Crippen LogP contribution >= 0.6 is 0 Å². The van der Waals surface area contributed by atoms with E-state index in [0.717, 1.165) is 27.9 Å². The fraction of sp³-hybridized carbons (Fsp3) is 0.233. The average Bonchev–Trinajstić information content (AvgIpc) is 3.14. The third-order valence-electron chi connectivity index (χ3n) is 6.10. The molecule has 2 aromatic carbocycles. The molecule has 176 valence electrons. The minimum Gasteiger partial charge on any atom is -0.497 e. The lowest BCUT2D eigenvalue weighted by atomic mass is 9.89. The first-order valence-electron chi connectivity index (χ1n) is 11.5. The van der Waals surface area contributed by atoms with E-state index < -0.39 is 5.97 Å². The van der Waals surface area contributed by atoms with E-state index in [2.05, 4.69) is 16.8 Å². The predicted octanol–water partition coefficient (Wildman–Crippen LogP) is 5.48. The number of methoxy groups -OCH3 is 1. The van der Waals surface area contributed by atoms with Crippen LogP contribution in [0.4, 0.5) is 0 Å². The van der Waals surface area contributed by atoms with Gasteiger partial charge in [0.2, 0.25) is 0 Å². The highest BCUT2D eigenvalue weighted by Crippen LogP contribution is 2.40. The highest BCUT2D eigenvalue weighted by Gasteiger charge is 2.37. The Morgan fingerprint density at radius 2 is 1.80 bits per heavy atom. The van der Waals surface area contributed by atoms with E-state index in [1.54, 1.807) is 44.5 Å². The first-order valence-corrected chi connectivity index (χ1v) is 11.5. The number of aryl methyl sites for hydroxylation is 2. The second kappa shape index (κ2) is 10.4. The van der Waals surface area contributed by atoms with Gasteiger partial charge in [-0.05, 0) is 86.0 Å². The molecule has 1 aliphatic carbocycles. The standard InChI is InChI=1S/C30H27NO4/c1-5-8-21-15-19(2)27(20(3)16-21)28-26(35-30(33)22-10-12-25(34-4)13-11-22)18-23(29(28)32)17-24-9-6-7-14-31-24/h6-7,9-16,23H,17-18H2,1-4H3. The van der Waals surface area contributed by atoms with Crippen molar-refractivity contribution < 1.29 is 19.1 Å². The Labute approximate surface area is 205 Å². The Kier molecular flexibility index (Phi) is 7.12. The van der Waals surface area contributed by atoms with Gasteiger partial charge in [0.25, 0.3) is 0 Å². The van der Waals surface area contributed by atoms with Gasteiger partial charge in [0, 0.05) is 36.2 Å². The van der Waals surface area contributed by atoms with Crippen molar-refractivity contribution in [2.24, 2.45) is 5.92 Å². The van der Waals surface area contributed by atoms with Gasteiger partial charge in [-0.2, -0.15) is 0 Å². The van der Waals surface area contributed by atoms with Gasteiger partial charge >= 0.3 is 5.97 Å². The second-order valence-electron chi connectivity index (χ2n) is 8.57. The van der Waals surface area contributed by atoms with Gasteiger partial charge in [-0.15, -0.1) is 5.92 Å². The number of ketones is 1. The third kappa shape index (κ3) is 5.17. The molecule has 0 N–H and O–H groups in total. The first-order chi connectivity index (χ1) is 16.9. The number of benzene rings is 2. The van der Waals surface area contributed by atoms with Crippen LogP contribution < -0.4 is 4.74 Å². The minimum absolute atomic E-state index is 0.0336. The molecule has 1 heterocycles. The number of hydrogen-bond donors (Lipinski definition) is 0. The van der Waals surface area contributed by atoms with Crippen LogP contribution in [0.2, 0.25) is 0 Å². The van der Waals surface area contributed by atoms with Gasteiger partial charge in [-0.25, -0.2) is 4.79 Å². The predicted molar refractivity (Wildman–Crippen MR) is 135 cm³/mol. The topological polar surface area (TPSA) is 65.5 Å². The van der Waals surface area contributed by atoms with E-state index in [1.807, 2.05) is 44.2 Å². The quantitative estimate of drug-likeness (QED) is 0.356. The maximum Gasteiger partial charge on any atom is 0.343 e. The fourth-order valence-electron chi connectivity index (χ4n) is 4.52. The van der Waals surface area contributed by atoms with E-state index in [9.17, 15) is 9.59 Å². The zero-order valence-electron chi connectivity index (χ0n) is 20.3. The van der Waals surface area contributed by atoms with Crippen molar-refractivity contribution in [2.75, 3.05) is 7.11 Å².